The minimum Gasteiger partial charge on any atom is -0.486 e. The summed E-state index contributed by atoms with van der Waals surface area (Å²) in [7, 11) is 0. The summed E-state index contributed by atoms with van der Waals surface area (Å²) < 4.78 is 32.1. The Morgan fingerprint density at radius 1 is 1.16 bits per heavy atom. The maximum absolute atomic E-state index is 14.0. The zero-order valence-electron chi connectivity index (χ0n) is 13.0. The molecule has 2 aromatic carbocycles. The van der Waals surface area contributed by atoms with Crippen molar-refractivity contribution < 1.29 is 28.2 Å². The molecule has 2 amide bonds. The Hall–Kier alpha value is -3.00. The van der Waals surface area contributed by atoms with E-state index in [4.69, 9.17) is 10.5 Å². The largest absolute Gasteiger partial charge is 0.486 e. The fourth-order valence-electron chi connectivity index (χ4n) is 1.89. The molecule has 0 aromatic heterocycles. The third-order valence-corrected chi connectivity index (χ3v) is 3.29. The van der Waals surface area contributed by atoms with Crippen molar-refractivity contribution >= 4 is 11.8 Å². The number of hydrogen-bond acceptors (Lipinski definition) is 4. The van der Waals surface area contributed by atoms with Gasteiger partial charge in [0.1, 0.15) is 18.5 Å². The molecule has 0 aliphatic carbocycles. The number of hydrogen-bond donors (Lipinski definition) is 3. The standard InChI is InChI=1S/C17H16F2N2O4/c18-12-4-1-10(2-5-12)9-25-15-6-3-11(7-13(15)19)17(24)21-8-14(22)16(20)23/h1-7,14,22H,8-9H2,(H2,20,23)(H,21,24). The van der Waals surface area contributed by atoms with Crippen LogP contribution in [0.25, 0.3) is 0 Å². The summed E-state index contributed by atoms with van der Waals surface area (Å²) in [6, 6.07) is 9.13. The molecule has 0 fully saturated rings. The fourth-order valence-corrected chi connectivity index (χ4v) is 1.89. The summed E-state index contributed by atoms with van der Waals surface area (Å²) in [5.74, 6) is -2.87. The van der Waals surface area contributed by atoms with Crippen LogP contribution in [0.5, 0.6) is 5.75 Å². The highest BCUT2D eigenvalue weighted by Gasteiger charge is 2.15. The van der Waals surface area contributed by atoms with Gasteiger partial charge < -0.3 is 20.9 Å². The number of nitrogens with one attached hydrogen (secondary N) is 1. The molecule has 0 radical (unpaired) electrons. The molecule has 8 heteroatoms. The zero-order chi connectivity index (χ0) is 18.4. The van der Waals surface area contributed by atoms with Crippen LogP contribution in [0.15, 0.2) is 42.5 Å². The van der Waals surface area contributed by atoms with E-state index < -0.39 is 23.7 Å². The van der Waals surface area contributed by atoms with E-state index in [1.54, 1.807) is 0 Å². The second kappa shape index (κ2) is 8.20. The molecule has 0 spiro atoms. The zero-order valence-corrected chi connectivity index (χ0v) is 13.0. The van der Waals surface area contributed by atoms with Crippen molar-refractivity contribution in [2.24, 2.45) is 5.73 Å². The van der Waals surface area contributed by atoms with Crippen molar-refractivity contribution in [3.8, 4) is 5.75 Å². The Morgan fingerprint density at radius 2 is 1.84 bits per heavy atom. The smallest absolute Gasteiger partial charge is 0.251 e. The number of benzene rings is 2. The van der Waals surface area contributed by atoms with Crippen LogP contribution in [0.4, 0.5) is 8.78 Å². The Bertz CT molecular complexity index is 766. The first-order valence-corrected chi connectivity index (χ1v) is 7.29. The Balaban J connectivity index is 1.96. The molecule has 0 aliphatic rings. The Labute approximate surface area is 142 Å². The van der Waals surface area contributed by atoms with Crippen LogP contribution in [-0.4, -0.2) is 29.6 Å². The second-order valence-corrected chi connectivity index (χ2v) is 5.19. The number of amides is 2. The Morgan fingerprint density at radius 3 is 2.44 bits per heavy atom. The predicted octanol–water partition coefficient (Wildman–Crippen LogP) is 1.12. The maximum Gasteiger partial charge on any atom is 0.251 e. The van der Waals surface area contributed by atoms with Gasteiger partial charge in [0, 0.05) is 5.56 Å². The minimum absolute atomic E-state index is 0.0108. The number of carbonyl (C=O) groups excluding carboxylic acids is 2. The highest BCUT2D eigenvalue weighted by molar-refractivity contribution is 5.94. The summed E-state index contributed by atoms with van der Waals surface area (Å²) in [5.41, 5.74) is 5.50. The lowest BCUT2D eigenvalue weighted by atomic mass is 10.2. The summed E-state index contributed by atoms with van der Waals surface area (Å²) >= 11 is 0. The molecule has 132 valence electrons. The number of nitrogens with two attached hydrogens (primary N) is 1. The normalized spacial score (nSPS) is 11.6. The van der Waals surface area contributed by atoms with Crippen molar-refractivity contribution in [2.75, 3.05) is 6.54 Å². The van der Waals surface area contributed by atoms with Gasteiger partial charge in [-0.15, -0.1) is 0 Å². The number of aliphatic hydroxyl groups excluding tert-OH is 1. The van der Waals surface area contributed by atoms with Crippen LogP contribution in [0, 0.1) is 11.6 Å². The van der Waals surface area contributed by atoms with Gasteiger partial charge in [-0.1, -0.05) is 12.1 Å². The van der Waals surface area contributed by atoms with Gasteiger partial charge in [-0.3, -0.25) is 9.59 Å². The van der Waals surface area contributed by atoms with E-state index >= 15 is 0 Å². The number of carbonyl (C=O) groups is 2. The third-order valence-electron chi connectivity index (χ3n) is 3.29. The van der Waals surface area contributed by atoms with E-state index in [-0.39, 0.29) is 30.3 Å². The van der Waals surface area contributed by atoms with Crippen molar-refractivity contribution in [3.05, 3.63) is 65.2 Å². The molecule has 1 atom stereocenters. The van der Waals surface area contributed by atoms with E-state index in [0.717, 1.165) is 6.07 Å². The third kappa shape index (κ3) is 5.25. The lowest BCUT2D eigenvalue weighted by molar-refractivity contribution is -0.125. The molecule has 0 saturated carbocycles. The van der Waals surface area contributed by atoms with Crippen LogP contribution in [0.3, 0.4) is 0 Å². The lowest BCUT2D eigenvalue weighted by Crippen LogP contribution is -2.40. The first-order chi connectivity index (χ1) is 11.9. The number of ether oxygens (including phenoxy) is 1. The molecule has 1 unspecified atom stereocenters. The van der Waals surface area contributed by atoms with Gasteiger partial charge in [0.2, 0.25) is 5.91 Å². The van der Waals surface area contributed by atoms with Crippen LogP contribution < -0.4 is 15.8 Å². The van der Waals surface area contributed by atoms with Crippen molar-refractivity contribution in [1.29, 1.82) is 0 Å². The summed E-state index contributed by atoms with van der Waals surface area (Å²) in [4.78, 5) is 22.5. The van der Waals surface area contributed by atoms with Crippen molar-refractivity contribution in [2.45, 2.75) is 12.7 Å². The number of halogens is 2. The van der Waals surface area contributed by atoms with Crippen LogP contribution in [0.1, 0.15) is 15.9 Å². The van der Waals surface area contributed by atoms with Gasteiger partial charge in [-0.25, -0.2) is 8.78 Å². The second-order valence-electron chi connectivity index (χ2n) is 5.19. The number of primary amides is 1. The maximum atomic E-state index is 14.0. The lowest BCUT2D eigenvalue weighted by Gasteiger charge is -2.10. The first kappa shape index (κ1) is 18.3. The average Bonchev–Trinajstić information content (AvgIpc) is 2.59. The molecular formula is C17H16F2N2O4. The topological polar surface area (TPSA) is 102 Å². The Kier molecular flexibility index (Phi) is 6.02. The minimum atomic E-state index is -1.52. The number of rotatable bonds is 7. The van der Waals surface area contributed by atoms with Gasteiger partial charge in [0.05, 0.1) is 6.54 Å². The fraction of sp³-hybridized carbons (Fsp3) is 0.176. The van der Waals surface area contributed by atoms with Gasteiger partial charge in [0.25, 0.3) is 5.91 Å². The van der Waals surface area contributed by atoms with Gasteiger partial charge in [-0.05, 0) is 35.9 Å². The monoisotopic (exact) mass is 350 g/mol. The molecule has 0 heterocycles. The van der Waals surface area contributed by atoms with E-state index in [1.807, 2.05) is 0 Å². The summed E-state index contributed by atoms with van der Waals surface area (Å²) in [6.07, 6.45) is -1.52. The van der Waals surface area contributed by atoms with Crippen LogP contribution >= 0.6 is 0 Å². The molecule has 0 bridgehead atoms. The molecule has 25 heavy (non-hydrogen) atoms. The highest BCUT2D eigenvalue weighted by atomic mass is 19.1. The van der Waals surface area contributed by atoms with Crippen molar-refractivity contribution in [1.82, 2.24) is 5.32 Å². The predicted molar refractivity (Wildman–Crippen MR) is 84.7 cm³/mol. The molecule has 0 saturated heterocycles. The van der Waals surface area contributed by atoms with E-state index in [1.165, 1.54) is 36.4 Å². The quantitative estimate of drug-likeness (QED) is 0.696. The van der Waals surface area contributed by atoms with Crippen LogP contribution in [-0.2, 0) is 11.4 Å². The molecule has 0 aliphatic heterocycles. The van der Waals surface area contributed by atoms with E-state index in [9.17, 15) is 23.5 Å². The van der Waals surface area contributed by atoms with Crippen molar-refractivity contribution in [3.63, 3.8) is 0 Å². The molecule has 2 rings (SSSR count). The summed E-state index contributed by atoms with van der Waals surface area (Å²) in [6.45, 7) is -0.341. The molecule has 6 nitrogen and oxygen atoms in total. The van der Waals surface area contributed by atoms with E-state index in [2.05, 4.69) is 5.32 Å². The summed E-state index contributed by atoms with van der Waals surface area (Å²) in [5, 5.41) is 11.5. The van der Waals surface area contributed by atoms with Gasteiger partial charge in [0.15, 0.2) is 11.6 Å². The molecule has 2 aromatic rings. The van der Waals surface area contributed by atoms with Gasteiger partial charge in [-0.2, -0.15) is 0 Å². The van der Waals surface area contributed by atoms with Gasteiger partial charge >= 0.3 is 0 Å². The van der Waals surface area contributed by atoms with E-state index in [0.29, 0.717) is 5.56 Å². The molecular weight excluding hydrogens is 334 g/mol. The molecule has 4 N–H and O–H groups in total. The first-order valence-electron chi connectivity index (χ1n) is 7.29. The van der Waals surface area contributed by atoms with Crippen LogP contribution in [0.2, 0.25) is 0 Å². The highest BCUT2D eigenvalue weighted by Crippen LogP contribution is 2.20. The average molecular weight is 350 g/mol. The number of aliphatic hydroxyl groups is 1. The SMILES string of the molecule is NC(=O)C(O)CNC(=O)c1ccc(OCc2ccc(F)cc2)c(F)c1.